The third-order valence-corrected chi connectivity index (χ3v) is 1.18. The molecule has 0 fully saturated rings. The van der Waals surface area contributed by atoms with E-state index < -0.39 is 0 Å². The molecule has 1 aromatic carbocycles. The van der Waals surface area contributed by atoms with E-state index in [4.69, 9.17) is 7.85 Å². The number of benzene rings is 1. The zero-order valence-corrected chi connectivity index (χ0v) is 6.28. The van der Waals surface area contributed by atoms with Crippen LogP contribution in [0.5, 0.6) is 0 Å². The molecule has 0 amide bonds. The van der Waals surface area contributed by atoms with Crippen LogP contribution in [-0.2, 0) is 0 Å². The van der Waals surface area contributed by atoms with Crippen molar-refractivity contribution in [3.05, 3.63) is 24.3 Å². The second kappa shape index (κ2) is 5.76. The molecule has 0 saturated heterocycles. The molecule has 0 bridgehead atoms. The van der Waals surface area contributed by atoms with Gasteiger partial charge in [-0.15, -0.1) is 0 Å². The normalized spacial score (nSPS) is 7.55. The number of hydrogen-bond acceptors (Lipinski definition) is 3. The average molecular weight is 151 g/mol. The van der Waals surface area contributed by atoms with Gasteiger partial charge in [0.05, 0.1) is 0 Å². The zero-order valence-electron chi connectivity index (χ0n) is 6.28. The second-order valence-corrected chi connectivity index (χ2v) is 1.88. The van der Waals surface area contributed by atoms with Crippen LogP contribution < -0.4 is 10.8 Å². The molecule has 0 spiro atoms. The van der Waals surface area contributed by atoms with Gasteiger partial charge in [0.2, 0.25) is 0 Å². The Labute approximate surface area is 67.5 Å². The van der Waals surface area contributed by atoms with E-state index in [-0.39, 0.29) is 11.0 Å². The molecule has 0 radical (unpaired) electrons. The van der Waals surface area contributed by atoms with Gasteiger partial charge in [-0.3, -0.25) is 0 Å². The van der Waals surface area contributed by atoms with E-state index in [1.54, 1.807) is 0 Å². The van der Waals surface area contributed by atoms with Crippen LogP contribution in [0.15, 0.2) is 24.3 Å². The maximum atomic E-state index is 5.49. The van der Waals surface area contributed by atoms with E-state index in [1.165, 1.54) is 0 Å². The van der Waals surface area contributed by atoms with Crippen molar-refractivity contribution in [2.45, 2.75) is 0 Å². The summed E-state index contributed by atoms with van der Waals surface area (Å²) >= 11 is 0. The summed E-state index contributed by atoms with van der Waals surface area (Å²) in [6, 6.07) is 7.64. The largest absolute Gasteiger partial charge is 0.870 e. The Hall–Kier alpha value is -0.995. The quantitative estimate of drug-likeness (QED) is 0.581. The van der Waals surface area contributed by atoms with Gasteiger partial charge >= 0.3 is 55.6 Å². The molecule has 0 heterocycles. The Morgan fingerprint density at radius 2 is 1.91 bits per heavy atom. The summed E-state index contributed by atoms with van der Waals surface area (Å²) in [6.07, 6.45) is 0. The molecule has 58 valence electrons. The fourth-order valence-corrected chi connectivity index (χ4v) is 0.694. The fourth-order valence-electron chi connectivity index (χ4n) is 0.694. The van der Waals surface area contributed by atoms with Crippen LogP contribution >= 0.6 is 0 Å². The van der Waals surface area contributed by atoms with Crippen molar-refractivity contribution in [1.29, 1.82) is 0 Å². The van der Waals surface area contributed by atoms with Crippen molar-refractivity contribution in [3.63, 3.8) is 0 Å². The maximum Gasteiger partial charge on any atom is -0.870 e. The van der Waals surface area contributed by atoms with E-state index in [1.807, 2.05) is 31.3 Å². The molecule has 0 aliphatic rings. The maximum absolute atomic E-state index is 5.49. The summed E-state index contributed by atoms with van der Waals surface area (Å²) < 4.78 is 0. The van der Waals surface area contributed by atoms with Crippen molar-refractivity contribution >= 4 is 19.0 Å². The van der Waals surface area contributed by atoms with Crippen LogP contribution in [0, 0.1) is 0 Å². The Morgan fingerprint density at radius 3 is 2.27 bits per heavy atom. The van der Waals surface area contributed by atoms with Crippen molar-refractivity contribution in [1.82, 2.24) is 0 Å². The van der Waals surface area contributed by atoms with Crippen LogP contribution in [-0.4, -0.2) is 25.8 Å². The topological polar surface area (TPSA) is 72.0 Å². The van der Waals surface area contributed by atoms with Gasteiger partial charge in [-0.25, -0.2) is 0 Å². The number of hydrogen-bond donors (Lipinski definition) is 1. The average Bonchev–Trinajstić information content (AvgIpc) is 1.88. The molecule has 0 aromatic heterocycles. The van der Waals surface area contributed by atoms with Crippen LogP contribution in [0.25, 0.3) is 0 Å². The molecule has 3 nitrogen and oxygen atoms in total. The first-order valence-corrected chi connectivity index (χ1v) is 2.86. The van der Waals surface area contributed by atoms with Crippen LogP contribution in [0.1, 0.15) is 0 Å². The summed E-state index contributed by atoms with van der Waals surface area (Å²) in [5.74, 6) is 0. The standard InChI is InChI=1S/C7H8BN.2H2O/c1-9-7-4-2-3-6(8)5-7;;/h2-5,9H,1H3;2*1H2/q+2;;/p-2. The number of rotatable bonds is 1. The molecule has 0 aliphatic heterocycles. The van der Waals surface area contributed by atoms with Crippen LogP contribution in [0.2, 0.25) is 0 Å². The van der Waals surface area contributed by atoms with Gasteiger partial charge in [0.25, 0.3) is 0 Å². The van der Waals surface area contributed by atoms with E-state index in [0.29, 0.717) is 0 Å². The van der Waals surface area contributed by atoms with Gasteiger partial charge in [0.1, 0.15) is 0 Å². The molecule has 11 heavy (non-hydrogen) atoms. The summed E-state index contributed by atoms with van der Waals surface area (Å²) in [5.41, 5.74) is 1.84. The predicted octanol–water partition coefficient (Wildman–Crippen LogP) is 0.169. The second-order valence-electron chi connectivity index (χ2n) is 1.88. The van der Waals surface area contributed by atoms with Crippen molar-refractivity contribution in [3.8, 4) is 0 Å². The van der Waals surface area contributed by atoms with Crippen molar-refractivity contribution < 1.29 is 11.0 Å². The molecule has 4 heteroatoms. The number of anilines is 1. The summed E-state index contributed by atoms with van der Waals surface area (Å²) in [5, 5.41) is 2.99. The van der Waals surface area contributed by atoms with Crippen molar-refractivity contribution in [2.75, 3.05) is 12.4 Å². The molecule has 0 aliphatic carbocycles. The van der Waals surface area contributed by atoms with Gasteiger partial charge in [-0.1, -0.05) is 0 Å². The fraction of sp³-hybridized carbons (Fsp3) is 0.143. The van der Waals surface area contributed by atoms with Gasteiger partial charge in [0.15, 0.2) is 0 Å². The summed E-state index contributed by atoms with van der Waals surface area (Å²) in [4.78, 5) is 0. The van der Waals surface area contributed by atoms with Gasteiger partial charge in [-0.2, -0.15) is 0 Å². The first kappa shape index (κ1) is 12.7. The Balaban J connectivity index is 0. The monoisotopic (exact) mass is 151 g/mol. The Morgan fingerprint density at radius 1 is 1.27 bits per heavy atom. The minimum absolute atomic E-state index is 0. The van der Waals surface area contributed by atoms with Crippen molar-refractivity contribution in [2.24, 2.45) is 0 Å². The molecule has 0 unspecified atom stereocenters. The molecular weight excluding hydrogens is 141 g/mol. The Kier molecular flexibility index (Phi) is 6.63. The first-order chi connectivity index (χ1) is 4.33. The zero-order chi connectivity index (χ0) is 6.69. The molecule has 3 N–H and O–H groups in total. The SMILES string of the molecule is [B+2]c1cccc(NC)c1.[OH-].[OH-]. The van der Waals surface area contributed by atoms with Gasteiger partial charge in [-0.05, 0) is 0 Å². The third kappa shape index (κ3) is 3.65. The van der Waals surface area contributed by atoms with Crippen LogP contribution in [0.3, 0.4) is 0 Å². The summed E-state index contributed by atoms with van der Waals surface area (Å²) in [7, 11) is 7.36. The minimum atomic E-state index is 0. The van der Waals surface area contributed by atoms with Crippen LogP contribution in [0.4, 0.5) is 5.69 Å². The molecule has 1 aromatic rings. The van der Waals surface area contributed by atoms with E-state index in [0.717, 1.165) is 11.2 Å². The Bertz CT molecular complexity index is 205. The van der Waals surface area contributed by atoms with Gasteiger partial charge < -0.3 is 11.0 Å². The first-order valence-electron chi connectivity index (χ1n) is 2.86. The molecule has 0 saturated carbocycles. The third-order valence-electron chi connectivity index (χ3n) is 1.18. The van der Waals surface area contributed by atoms with Gasteiger partial charge in [0, 0.05) is 0 Å². The molecular formula is C7H10BNO2. The van der Waals surface area contributed by atoms with E-state index in [9.17, 15) is 0 Å². The van der Waals surface area contributed by atoms with E-state index >= 15 is 0 Å². The summed E-state index contributed by atoms with van der Waals surface area (Å²) in [6.45, 7) is 0. The smallest absolute Gasteiger partial charge is 0.870 e. The predicted molar refractivity (Wildman–Crippen MR) is 45.2 cm³/mol. The number of nitrogens with one attached hydrogen (secondary N) is 1. The van der Waals surface area contributed by atoms with E-state index in [2.05, 4.69) is 5.32 Å². The molecule has 1 rings (SSSR count). The minimum Gasteiger partial charge on any atom is -0.870 e. The molecule has 0 atom stereocenters.